The van der Waals surface area contributed by atoms with Crippen LogP contribution in [0.25, 0.3) is 0 Å². The molecule has 12 heteroatoms. The second-order valence-corrected chi connectivity index (χ2v) is 8.93. The van der Waals surface area contributed by atoms with Gasteiger partial charge < -0.3 is 9.47 Å². The third-order valence-electron chi connectivity index (χ3n) is 3.96. The third-order valence-corrected chi connectivity index (χ3v) is 6.72. The molecule has 32 heavy (non-hydrogen) atoms. The summed E-state index contributed by atoms with van der Waals surface area (Å²) in [4.78, 5) is 12.5. The van der Waals surface area contributed by atoms with Gasteiger partial charge in [0.2, 0.25) is 0 Å². The zero-order chi connectivity index (χ0) is 23.1. The van der Waals surface area contributed by atoms with Gasteiger partial charge in [0.05, 0.1) is 24.6 Å². The van der Waals surface area contributed by atoms with Crippen molar-refractivity contribution in [2.24, 2.45) is 5.10 Å². The van der Waals surface area contributed by atoms with Crippen molar-refractivity contribution < 1.29 is 31.5 Å². The molecule has 0 aliphatic heterocycles. The van der Waals surface area contributed by atoms with Gasteiger partial charge in [-0.1, -0.05) is 18.2 Å². The Balaban J connectivity index is 1.73. The molecule has 1 aromatic heterocycles. The van der Waals surface area contributed by atoms with Crippen LogP contribution in [0.4, 0.5) is 14.5 Å². The number of hydrazone groups is 1. The molecular weight excluding hydrogens is 464 g/mol. The summed E-state index contributed by atoms with van der Waals surface area (Å²) >= 11 is 1.05. The number of amides is 1. The van der Waals surface area contributed by atoms with Crippen molar-refractivity contribution in [1.29, 1.82) is 0 Å². The number of methoxy groups -OCH3 is 1. The lowest BCUT2D eigenvalue weighted by Gasteiger charge is -2.11. The molecule has 0 unspecified atom stereocenters. The predicted octanol–water partition coefficient (Wildman–Crippen LogP) is 3.92. The number of anilines is 1. The summed E-state index contributed by atoms with van der Waals surface area (Å²) in [5, 5.41) is 5.46. The van der Waals surface area contributed by atoms with Gasteiger partial charge in [-0.2, -0.15) is 13.9 Å². The molecular formula is C20H17F2N3O5S2. The van der Waals surface area contributed by atoms with Gasteiger partial charge >= 0.3 is 6.61 Å². The Morgan fingerprint density at radius 2 is 1.91 bits per heavy atom. The second kappa shape index (κ2) is 10.2. The van der Waals surface area contributed by atoms with E-state index >= 15 is 0 Å². The molecule has 0 atom stereocenters. The number of nitrogens with one attached hydrogen (secondary N) is 2. The topological polar surface area (TPSA) is 106 Å². The lowest BCUT2D eigenvalue weighted by Crippen LogP contribution is -2.21. The number of ether oxygens (including phenoxy) is 2. The number of halogens is 2. The first-order chi connectivity index (χ1) is 15.3. The number of benzene rings is 2. The Morgan fingerprint density at radius 1 is 1.12 bits per heavy atom. The van der Waals surface area contributed by atoms with Gasteiger partial charge in [0.15, 0.2) is 11.5 Å². The Morgan fingerprint density at radius 3 is 2.59 bits per heavy atom. The first-order valence-electron chi connectivity index (χ1n) is 8.92. The molecule has 0 bridgehead atoms. The minimum atomic E-state index is -3.84. The highest BCUT2D eigenvalue weighted by atomic mass is 32.2. The summed E-state index contributed by atoms with van der Waals surface area (Å²) in [5.41, 5.74) is 2.88. The Bertz CT molecular complexity index is 1220. The van der Waals surface area contributed by atoms with E-state index in [-0.39, 0.29) is 27.0 Å². The predicted molar refractivity (Wildman–Crippen MR) is 116 cm³/mol. The monoisotopic (exact) mass is 481 g/mol. The van der Waals surface area contributed by atoms with Gasteiger partial charge in [0, 0.05) is 0 Å². The van der Waals surface area contributed by atoms with E-state index in [1.165, 1.54) is 49.7 Å². The molecule has 3 aromatic rings. The van der Waals surface area contributed by atoms with E-state index < -0.39 is 22.5 Å². The molecule has 0 spiro atoms. The average Bonchev–Trinajstić information content (AvgIpc) is 3.30. The zero-order valence-corrected chi connectivity index (χ0v) is 18.1. The molecule has 2 N–H and O–H groups in total. The number of sulfonamides is 1. The fourth-order valence-corrected chi connectivity index (χ4v) is 4.64. The molecule has 168 valence electrons. The number of carbonyl (C=O) groups excluding carboxylic acids is 1. The first kappa shape index (κ1) is 23.2. The van der Waals surface area contributed by atoms with E-state index in [1.807, 2.05) is 0 Å². The summed E-state index contributed by atoms with van der Waals surface area (Å²) in [7, 11) is -2.54. The van der Waals surface area contributed by atoms with E-state index in [2.05, 4.69) is 20.0 Å². The van der Waals surface area contributed by atoms with Crippen molar-refractivity contribution in [2.45, 2.75) is 10.8 Å². The molecule has 0 saturated carbocycles. The van der Waals surface area contributed by atoms with Gasteiger partial charge in [0.1, 0.15) is 4.21 Å². The van der Waals surface area contributed by atoms with E-state index in [0.717, 1.165) is 11.3 Å². The molecule has 2 aromatic carbocycles. The summed E-state index contributed by atoms with van der Waals surface area (Å²) in [6, 6.07) is 13.2. The summed E-state index contributed by atoms with van der Waals surface area (Å²) in [6.07, 6.45) is 1.27. The van der Waals surface area contributed by atoms with Crippen molar-refractivity contribution in [2.75, 3.05) is 11.8 Å². The molecule has 0 radical (unpaired) electrons. The summed E-state index contributed by atoms with van der Waals surface area (Å²) < 4.78 is 61.6. The Kier molecular flexibility index (Phi) is 7.38. The van der Waals surface area contributed by atoms with Gasteiger partial charge in [-0.15, -0.1) is 11.3 Å². The molecule has 3 rings (SSSR count). The minimum absolute atomic E-state index is 0.0584. The average molecular weight is 482 g/mol. The summed E-state index contributed by atoms with van der Waals surface area (Å²) in [5.74, 6) is -0.736. The van der Waals surface area contributed by atoms with E-state index in [4.69, 9.17) is 4.74 Å². The highest BCUT2D eigenvalue weighted by molar-refractivity contribution is 7.94. The number of para-hydroxylation sites is 1. The molecule has 0 saturated heterocycles. The van der Waals surface area contributed by atoms with Gasteiger partial charge in [-0.3, -0.25) is 9.52 Å². The van der Waals surface area contributed by atoms with Crippen LogP contribution in [0.15, 0.2) is 69.3 Å². The lowest BCUT2D eigenvalue weighted by molar-refractivity contribution is -0.0512. The summed E-state index contributed by atoms with van der Waals surface area (Å²) in [6.45, 7) is -3.00. The van der Waals surface area contributed by atoms with Gasteiger partial charge in [0.25, 0.3) is 15.9 Å². The molecule has 0 aliphatic carbocycles. The van der Waals surface area contributed by atoms with Crippen LogP contribution in [-0.2, 0) is 10.0 Å². The Labute approximate surface area is 186 Å². The van der Waals surface area contributed by atoms with Gasteiger partial charge in [-0.25, -0.2) is 13.8 Å². The third kappa shape index (κ3) is 5.80. The molecule has 0 aliphatic rings. The van der Waals surface area contributed by atoms with Crippen LogP contribution in [0, 0.1) is 0 Å². The number of nitrogens with zero attached hydrogens (tertiary/aromatic N) is 1. The SMILES string of the molecule is COc1cc(C=NNC(=O)c2ccccc2NS(=O)(=O)c2cccs2)ccc1OC(F)F. The standard InChI is InChI=1S/C20H17F2N3O5S2/c1-29-17-11-13(8-9-16(17)30-20(21)22)12-23-24-19(26)14-5-2-3-6-15(14)25-32(27,28)18-7-4-10-31-18/h2-12,20,25H,1H3,(H,24,26). The van der Waals surface area contributed by atoms with Crippen LogP contribution in [0.1, 0.15) is 15.9 Å². The molecule has 0 fully saturated rings. The smallest absolute Gasteiger partial charge is 0.387 e. The van der Waals surface area contributed by atoms with Crippen molar-refractivity contribution in [3.8, 4) is 11.5 Å². The maximum absolute atomic E-state index is 12.5. The Hall–Kier alpha value is -3.51. The van der Waals surface area contributed by atoms with E-state index in [0.29, 0.717) is 5.56 Å². The van der Waals surface area contributed by atoms with Gasteiger partial charge in [-0.05, 0) is 47.3 Å². The molecule has 1 heterocycles. The van der Waals surface area contributed by atoms with Crippen LogP contribution in [0.3, 0.4) is 0 Å². The number of alkyl halides is 2. The molecule has 1 amide bonds. The number of carbonyl (C=O) groups is 1. The van der Waals surface area contributed by atoms with Crippen molar-refractivity contribution >= 4 is 39.2 Å². The fraction of sp³-hybridized carbons (Fsp3) is 0.100. The maximum Gasteiger partial charge on any atom is 0.387 e. The van der Waals surface area contributed by atoms with Crippen LogP contribution in [0.5, 0.6) is 11.5 Å². The first-order valence-corrected chi connectivity index (χ1v) is 11.3. The van der Waals surface area contributed by atoms with Crippen LogP contribution in [-0.4, -0.2) is 34.3 Å². The largest absolute Gasteiger partial charge is 0.493 e. The lowest BCUT2D eigenvalue weighted by atomic mass is 10.2. The number of thiophene rings is 1. The second-order valence-electron chi connectivity index (χ2n) is 6.07. The van der Waals surface area contributed by atoms with Crippen LogP contribution >= 0.6 is 11.3 Å². The highest BCUT2D eigenvalue weighted by Crippen LogP contribution is 2.29. The van der Waals surface area contributed by atoms with E-state index in [9.17, 15) is 22.0 Å². The number of hydrogen-bond donors (Lipinski definition) is 2. The van der Waals surface area contributed by atoms with Crippen LogP contribution in [0.2, 0.25) is 0 Å². The van der Waals surface area contributed by atoms with Crippen LogP contribution < -0.4 is 19.6 Å². The highest BCUT2D eigenvalue weighted by Gasteiger charge is 2.19. The normalized spacial score (nSPS) is 11.5. The van der Waals surface area contributed by atoms with Crippen molar-refractivity contribution in [3.63, 3.8) is 0 Å². The van der Waals surface area contributed by atoms with Crippen molar-refractivity contribution in [1.82, 2.24) is 5.43 Å². The zero-order valence-electron chi connectivity index (χ0n) is 16.5. The number of hydrogen-bond acceptors (Lipinski definition) is 7. The fourth-order valence-electron chi connectivity index (χ4n) is 2.57. The quantitative estimate of drug-likeness (QED) is 0.356. The van der Waals surface area contributed by atoms with Crippen molar-refractivity contribution in [3.05, 3.63) is 71.1 Å². The number of rotatable bonds is 9. The van der Waals surface area contributed by atoms with E-state index in [1.54, 1.807) is 23.6 Å². The maximum atomic E-state index is 12.5. The molecule has 8 nitrogen and oxygen atoms in total. The minimum Gasteiger partial charge on any atom is -0.493 e.